The molecule has 0 unspecified atom stereocenters. The van der Waals surface area contributed by atoms with Crippen LogP contribution < -0.4 is 4.52 Å². The monoisotopic (exact) mass is 375 g/mol. The van der Waals surface area contributed by atoms with Gasteiger partial charge < -0.3 is 4.52 Å². The lowest BCUT2D eigenvalue weighted by atomic mass is 9.96. The van der Waals surface area contributed by atoms with Gasteiger partial charge in [-0.3, -0.25) is 4.57 Å². The molecule has 0 spiro atoms. The second kappa shape index (κ2) is 7.17. The molecular formula is C23H22NO2P. The summed E-state index contributed by atoms with van der Waals surface area (Å²) in [6.07, 6.45) is 1.02. The molecule has 136 valence electrons. The van der Waals surface area contributed by atoms with Gasteiger partial charge in [0.2, 0.25) is 13.2 Å². The number of pyridine rings is 1. The third-order valence-corrected chi connectivity index (χ3v) is 7.45. The largest absolute Gasteiger partial charge is 0.425 e. The van der Waals surface area contributed by atoms with Gasteiger partial charge in [0.15, 0.2) is 0 Å². The number of fused-ring (bicyclic) bond motifs is 2. The number of nitrogens with zero attached hydrogens (tertiary/aromatic N) is 1. The highest BCUT2D eigenvalue weighted by atomic mass is 31.2. The van der Waals surface area contributed by atoms with Gasteiger partial charge in [0.25, 0.3) is 0 Å². The van der Waals surface area contributed by atoms with Crippen LogP contribution in [0.25, 0.3) is 32.8 Å². The maximum absolute atomic E-state index is 12.7. The Labute approximate surface area is 159 Å². The van der Waals surface area contributed by atoms with E-state index in [1.807, 2.05) is 44.2 Å². The lowest BCUT2D eigenvalue weighted by Gasteiger charge is -2.16. The van der Waals surface area contributed by atoms with Gasteiger partial charge in [-0.15, -0.1) is 0 Å². The van der Waals surface area contributed by atoms with E-state index in [-0.39, 0.29) is 0 Å². The van der Waals surface area contributed by atoms with E-state index in [2.05, 4.69) is 42.5 Å². The quantitative estimate of drug-likeness (QED) is 0.362. The SMILES string of the molecule is CCP(=O)(CC)Oc1ccc2cccc(-c3cccc4ccccc34)c2n1. The van der Waals surface area contributed by atoms with Gasteiger partial charge in [0, 0.05) is 29.3 Å². The normalized spacial score (nSPS) is 11.8. The number of rotatable bonds is 5. The predicted octanol–water partition coefficient (Wildman–Crippen LogP) is 6.75. The van der Waals surface area contributed by atoms with Crippen molar-refractivity contribution in [3.05, 3.63) is 72.8 Å². The van der Waals surface area contributed by atoms with Crippen LogP contribution in [0, 0.1) is 0 Å². The summed E-state index contributed by atoms with van der Waals surface area (Å²) in [7, 11) is -2.67. The Morgan fingerprint density at radius 2 is 1.44 bits per heavy atom. The Balaban J connectivity index is 1.91. The molecule has 27 heavy (non-hydrogen) atoms. The predicted molar refractivity (Wildman–Crippen MR) is 114 cm³/mol. The molecule has 0 fully saturated rings. The molecule has 0 atom stereocenters. The number of benzene rings is 3. The number of hydrogen-bond donors (Lipinski definition) is 0. The van der Waals surface area contributed by atoms with Gasteiger partial charge in [-0.25, -0.2) is 4.98 Å². The van der Waals surface area contributed by atoms with Crippen LogP contribution in [0.4, 0.5) is 0 Å². The Hall–Kier alpha value is -2.64. The molecule has 3 nitrogen and oxygen atoms in total. The molecule has 0 saturated carbocycles. The maximum atomic E-state index is 12.7. The molecule has 0 aliphatic rings. The molecule has 0 saturated heterocycles. The standard InChI is InChI=1S/C23H22NO2P/c1-3-27(25,4-2)26-22-16-15-18-11-8-14-21(23(18)24-22)20-13-7-10-17-9-5-6-12-19(17)20/h5-16H,3-4H2,1-2H3. The van der Waals surface area contributed by atoms with Crippen LogP contribution in [0.3, 0.4) is 0 Å². The Morgan fingerprint density at radius 1 is 0.778 bits per heavy atom. The van der Waals surface area contributed by atoms with E-state index in [0.717, 1.165) is 22.0 Å². The summed E-state index contributed by atoms with van der Waals surface area (Å²) in [6.45, 7) is 3.79. The highest BCUT2D eigenvalue weighted by Crippen LogP contribution is 2.46. The first kappa shape index (κ1) is 17.8. The third-order valence-electron chi connectivity index (χ3n) is 5.00. The van der Waals surface area contributed by atoms with Crippen molar-refractivity contribution in [2.24, 2.45) is 0 Å². The topological polar surface area (TPSA) is 39.2 Å². The fraction of sp³-hybridized carbons (Fsp3) is 0.174. The van der Waals surface area contributed by atoms with Gasteiger partial charge in [-0.1, -0.05) is 74.5 Å². The van der Waals surface area contributed by atoms with Crippen LogP contribution in [-0.2, 0) is 4.57 Å². The summed E-state index contributed by atoms with van der Waals surface area (Å²) < 4.78 is 18.6. The molecule has 4 aromatic rings. The van der Waals surface area contributed by atoms with E-state index in [1.165, 1.54) is 10.8 Å². The average molecular weight is 375 g/mol. The van der Waals surface area contributed by atoms with Crippen LogP contribution in [0.1, 0.15) is 13.8 Å². The van der Waals surface area contributed by atoms with Crippen LogP contribution in [0.15, 0.2) is 72.8 Å². The van der Waals surface area contributed by atoms with Gasteiger partial charge in [-0.2, -0.15) is 0 Å². The molecular weight excluding hydrogens is 353 g/mol. The second-order valence-corrected chi connectivity index (χ2v) is 9.67. The van der Waals surface area contributed by atoms with Crippen molar-refractivity contribution in [2.45, 2.75) is 13.8 Å². The highest BCUT2D eigenvalue weighted by Gasteiger charge is 2.20. The molecule has 0 radical (unpaired) electrons. The molecule has 0 aliphatic carbocycles. The highest BCUT2D eigenvalue weighted by molar-refractivity contribution is 7.59. The molecule has 4 rings (SSSR count). The summed E-state index contributed by atoms with van der Waals surface area (Å²) in [4.78, 5) is 4.74. The van der Waals surface area contributed by atoms with Crippen LogP contribution in [-0.4, -0.2) is 17.3 Å². The number of aromatic nitrogens is 1. The molecule has 0 aliphatic heterocycles. The van der Waals surface area contributed by atoms with E-state index in [4.69, 9.17) is 9.51 Å². The molecule has 0 bridgehead atoms. The smallest absolute Gasteiger partial charge is 0.249 e. The molecule has 4 heteroatoms. The zero-order valence-corrected chi connectivity index (χ0v) is 16.4. The van der Waals surface area contributed by atoms with E-state index in [1.54, 1.807) is 0 Å². The minimum atomic E-state index is -2.67. The zero-order chi connectivity index (χ0) is 18.9. The summed E-state index contributed by atoms with van der Waals surface area (Å²) in [5.74, 6) is 0.433. The average Bonchev–Trinajstić information content (AvgIpc) is 2.73. The minimum Gasteiger partial charge on any atom is -0.425 e. The van der Waals surface area contributed by atoms with E-state index in [0.29, 0.717) is 18.2 Å². The van der Waals surface area contributed by atoms with Crippen molar-refractivity contribution in [3.63, 3.8) is 0 Å². The maximum Gasteiger partial charge on any atom is 0.249 e. The third kappa shape index (κ3) is 3.36. The lowest BCUT2D eigenvalue weighted by Crippen LogP contribution is -2.00. The van der Waals surface area contributed by atoms with Crippen molar-refractivity contribution in [1.29, 1.82) is 0 Å². The van der Waals surface area contributed by atoms with Crippen LogP contribution in [0.5, 0.6) is 5.88 Å². The first-order chi connectivity index (χ1) is 13.1. The van der Waals surface area contributed by atoms with E-state index < -0.39 is 7.37 Å². The van der Waals surface area contributed by atoms with Gasteiger partial charge in [-0.05, 0) is 22.4 Å². The van der Waals surface area contributed by atoms with Gasteiger partial charge in [0.05, 0.1) is 5.52 Å². The number of para-hydroxylation sites is 1. The van der Waals surface area contributed by atoms with Crippen molar-refractivity contribution < 1.29 is 9.09 Å². The fourth-order valence-electron chi connectivity index (χ4n) is 3.38. The summed E-state index contributed by atoms with van der Waals surface area (Å²) in [5.41, 5.74) is 3.06. The molecule has 1 heterocycles. The van der Waals surface area contributed by atoms with Crippen molar-refractivity contribution in [3.8, 4) is 17.0 Å². The van der Waals surface area contributed by atoms with E-state index in [9.17, 15) is 4.57 Å². The Morgan fingerprint density at radius 3 is 2.22 bits per heavy atom. The second-order valence-electron chi connectivity index (χ2n) is 6.59. The summed E-state index contributed by atoms with van der Waals surface area (Å²) in [6, 6.07) is 24.6. The lowest BCUT2D eigenvalue weighted by molar-refractivity contribution is 0.475. The molecule has 0 N–H and O–H groups in total. The fourth-order valence-corrected chi connectivity index (χ4v) is 4.53. The molecule has 0 amide bonds. The van der Waals surface area contributed by atoms with Gasteiger partial charge >= 0.3 is 0 Å². The van der Waals surface area contributed by atoms with Crippen molar-refractivity contribution in [2.75, 3.05) is 12.3 Å². The number of hydrogen-bond acceptors (Lipinski definition) is 3. The minimum absolute atomic E-state index is 0.433. The zero-order valence-electron chi connectivity index (χ0n) is 15.6. The van der Waals surface area contributed by atoms with Crippen molar-refractivity contribution >= 4 is 29.0 Å². The van der Waals surface area contributed by atoms with Crippen molar-refractivity contribution in [1.82, 2.24) is 4.98 Å². The van der Waals surface area contributed by atoms with E-state index >= 15 is 0 Å². The summed E-state index contributed by atoms with van der Waals surface area (Å²) >= 11 is 0. The molecule has 1 aromatic heterocycles. The molecule has 3 aromatic carbocycles. The Kier molecular flexibility index (Phi) is 4.72. The first-order valence-electron chi connectivity index (χ1n) is 9.29. The Bertz CT molecular complexity index is 1160. The summed E-state index contributed by atoms with van der Waals surface area (Å²) in [5, 5.41) is 3.42. The van der Waals surface area contributed by atoms with Gasteiger partial charge in [0.1, 0.15) is 0 Å². The first-order valence-corrected chi connectivity index (χ1v) is 11.3. The van der Waals surface area contributed by atoms with Crippen LogP contribution >= 0.6 is 7.37 Å². The van der Waals surface area contributed by atoms with Crippen LogP contribution in [0.2, 0.25) is 0 Å².